The third-order valence-corrected chi connectivity index (χ3v) is 2.99. The van der Waals surface area contributed by atoms with Crippen molar-refractivity contribution >= 4 is 11.6 Å². The highest BCUT2D eigenvalue weighted by Crippen LogP contribution is 2.39. The topological polar surface area (TPSA) is 58.0 Å². The molecule has 1 aromatic carbocycles. The Morgan fingerprint density at radius 2 is 1.89 bits per heavy atom. The zero-order chi connectivity index (χ0) is 12.5. The Kier molecular flexibility index (Phi) is 2.63. The largest absolute Gasteiger partial charge is 0.508 e. The smallest absolute Gasteiger partial charge is 0.227 e. The van der Waals surface area contributed by atoms with Gasteiger partial charge in [-0.2, -0.15) is 0 Å². The number of nitrogens with one attached hydrogen (secondary N) is 1. The predicted octanol–water partition coefficient (Wildman–Crippen LogP) is 3.11. The summed E-state index contributed by atoms with van der Waals surface area (Å²) in [6, 6.07) is 8.94. The van der Waals surface area contributed by atoms with Crippen molar-refractivity contribution in [1.29, 1.82) is 0 Å². The van der Waals surface area contributed by atoms with Gasteiger partial charge in [0, 0.05) is 23.0 Å². The van der Waals surface area contributed by atoms with Crippen molar-refractivity contribution in [2.24, 2.45) is 0 Å². The van der Waals surface area contributed by atoms with E-state index >= 15 is 0 Å². The average Bonchev–Trinajstić information content (AvgIpc) is 3.15. The maximum atomic E-state index is 9.23. The zero-order valence-corrected chi connectivity index (χ0v) is 10.2. The predicted molar refractivity (Wildman–Crippen MR) is 70.1 cm³/mol. The first-order valence-corrected chi connectivity index (χ1v) is 6.12. The molecule has 1 heterocycles. The first-order chi connectivity index (χ1) is 8.70. The van der Waals surface area contributed by atoms with E-state index in [2.05, 4.69) is 21.4 Å². The number of benzene rings is 1. The van der Waals surface area contributed by atoms with Gasteiger partial charge in [-0.3, -0.25) is 0 Å². The van der Waals surface area contributed by atoms with E-state index in [9.17, 15) is 5.11 Å². The van der Waals surface area contributed by atoms with Crippen LogP contribution in [0.1, 0.15) is 30.1 Å². The molecule has 1 saturated carbocycles. The van der Waals surface area contributed by atoms with E-state index in [-0.39, 0.29) is 5.75 Å². The van der Waals surface area contributed by atoms with Crippen LogP contribution in [0.3, 0.4) is 0 Å². The fourth-order valence-corrected chi connectivity index (χ4v) is 1.91. The quantitative estimate of drug-likeness (QED) is 0.811. The van der Waals surface area contributed by atoms with Crippen LogP contribution < -0.4 is 5.32 Å². The molecule has 4 heteroatoms. The van der Waals surface area contributed by atoms with Gasteiger partial charge < -0.3 is 10.4 Å². The second-order valence-corrected chi connectivity index (χ2v) is 4.70. The molecule has 0 spiro atoms. The van der Waals surface area contributed by atoms with E-state index in [0.717, 1.165) is 17.1 Å². The van der Waals surface area contributed by atoms with Crippen molar-refractivity contribution in [3.63, 3.8) is 0 Å². The standard InChI is InChI=1S/C14H15N3O/c1-9-8-13(10-2-3-10)17-14(15-9)16-11-4-6-12(18)7-5-11/h4-8,10,18H,2-3H2,1H3,(H,15,16,17). The van der Waals surface area contributed by atoms with Crippen LogP contribution >= 0.6 is 0 Å². The van der Waals surface area contributed by atoms with Gasteiger partial charge in [0.25, 0.3) is 0 Å². The Hall–Kier alpha value is -2.10. The highest BCUT2D eigenvalue weighted by molar-refractivity contribution is 5.54. The number of phenols is 1. The molecule has 1 aliphatic rings. The number of hydrogen-bond donors (Lipinski definition) is 2. The third-order valence-electron chi connectivity index (χ3n) is 2.99. The molecule has 1 aliphatic carbocycles. The number of phenolic OH excluding ortho intramolecular Hbond substituents is 1. The summed E-state index contributed by atoms with van der Waals surface area (Å²) in [7, 11) is 0. The molecule has 0 amide bonds. The van der Waals surface area contributed by atoms with Crippen LogP contribution in [0.25, 0.3) is 0 Å². The minimum absolute atomic E-state index is 0.254. The summed E-state index contributed by atoms with van der Waals surface area (Å²) < 4.78 is 0. The lowest BCUT2D eigenvalue weighted by molar-refractivity contribution is 0.475. The number of rotatable bonds is 3. The molecule has 1 aromatic heterocycles. The number of aromatic hydroxyl groups is 1. The van der Waals surface area contributed by atoms with Crippen molar-refractivity contribution in [2.45, 2.75) is 25.7 Å². The number of hydrogen-bond acceptors (Lipinski definition) is 4. The Labute approximate surface area is 106 Å². The van der Waals surface area contributed by atoms with Gasteiger partial charge in [0.1, 0.15) is 5.75 Å². The minimum Gasteiger partial charge on any atom is -0.508 e. The molecule has 0 bridgehead atoms. The summed E-state index contributed by atoms with van der Waals surface area (Å²) in [5, 5.41) is 12.4. The van der Waals surface area contributed by atoms with Crippen molar-refractivity contribution < 1.29 is 5.11 Å². The summed E-state index contributed by atoms with van der Waals surface area (Å²) in [5.74, 6) is 1.50. The highest BCUT2D eigenvalue weighted by Gasteiger charge is 2.25. The van der Waals surface area contributed by atoms with Crippen LogP contribution in [-0.2, 0) is 0 Å². The molecule has 18 heavy (non-hydrogen) atoms. The lowest BCUT2D eigenvalue weighted by Gasteiger charge is -2.07. The summed E-state index contributed by atoms with van der Waals surface area (Å²) in [5.41, 5.74) is 2.98. The Bertz CT molecular complexity index is 562. The molecule has 4 nitrogen and oxygen atoms in total. The molecule has 2 aromatic rings. The normalized spacial score (nSPS) is 14.5. The molecule has 0 aliphatic heterocycles. The molecule has 0 unspecified atom stereocenters. The molecular weight excluding hydrogens is 226 g/mol. The van der Waals surface area contributed by atoms with Crippen LogP contribution in [0.5, 0.6) is 5.75 Å². The summed E-state index contributed by atoms with van der Waals surface area (Å²) in [6.07, 6.45) is 2.46. The van der Waals surface area contributed by atoms with Gasteiger partial charge in [-0.15, -0.1) is 0 Å². The van der Waals surface area contributed by atoms with E-state index in [1.165, 1.54) is 12.8 Å². The second-order valence-electron chi connectivity index (χ2n) is 4.70. The molecule has 1 fully saturated rings. The van der Waals surface area contributed by atoms with E-state index in [1.807, 2.05) is 6.92 Å². The van der Waals surface area contributed by atoms with Crippen LogP contribution in [0, 0.1) is 6.92 Å². The Morgan fingerprint density at radius 3 is 2.56 bits per heavy atom. The molecule has 92 valence electrons. The summed E-state index contributed by atoms with van der Waals surface area (Å²) in [4.78, 5) is 8.91. The van der Waals surface area contributed by atoms with Crippen molar-refractivity contribution in [3.8, 4) is 5.75 Å². The Balaban J connectivity index is 1.85. The van der Waals surface area contributed by atoms with Crippen molar-refractivity contribution in [3.05, 3.63) is 41.7 Å². The maximum absolute atomic E-state index is 9.23. The summed E-state index contributed by atoms with van der Waals surface area (Å²) >= 11 is 0. The van der Waals surface area contributed by atoms with E-state index in [4.69, 9.17) is 0 Å². The van der Waals surface area contributed by atoms with E-state index in [1.54, 1.807) is 24.3 Å². The number of anilines is 2. The Morgan fingerprint density at radius 1 is 1.17 bits per heavy atom. The summed E-state index contributed by atoms with van der Waals surface area (Å²) in [6.45, 7) is 1.98. The average molecular weight is 241 g/mol. The monoisotopic (exact) mass is 241 g/mol. The van der Waals surface area contributed by atoms with Gasteiger partial charge in [0.15, 0.2) is 0 Å². The van der Waals surface area contributed by atoms with Gasteiger partial charge in [0.2, 0.25) is 5.95 Å². The van der Waals surface area contributed by atoms with E-state index in [0.29, 0.717) is 11.9 Å². The molecule has 2 N–H and O–H groups in total. The molecule has 0 saturated heterocycles. The fraction of sp³-hybridized carbons (Fsp3) is 0.286. The maximum Gasteiger partial charge on any atom is 0.227 e. The molecule has 3 rings (SSSR count). The van der Waals surface area contributed by atoms with Crippen LogP contribution in [-0.4, -0.2) is 15.1 Å². The SMILES string of the molecule is Cc1cc(C2CC2)nc(Nc2ccc(O)cc2)n1. The number of aromatic nitrogens is 2. The van der Waals surface area contributed by atoms with Crippen molar-refractivity contribution in [2.75, 3.05) is 5.32 Å². The lowest BCUT2D eigenvalue weighted by atomic mass is 10.2. The fourth-order valence-electron chi connectivity index (χ4n) is 1.91. The van der Waals surface area contributed by atoms with Gasteiger partial charge >= 0.3 is 0 Å². The van der Waals surface area contributed by atoms with Crippen LogP contribution in [0.4, 0.5) is 11.6 Å². The van der Waals surface area contributed by atoms with Gasteiger partial charge in [-0.25, -0.2) is 9.97 Å². The highest BCUT2D eigenvalue weighted by atomic mass is 16.3. The third kappa shape index (κ3) is 2.42. The molecule has 0 radical (unpaired) electrons. The van der Waals surface area contributed by atoms with E-state index < -0.39 is 0 Å². The first kappa shape index (κ1) is 11.0. The van der Waals surface area contributed by atoms with Gasteiger partial charge in [-0.05, 0) is 50.1 Å². The van der Waals surface area contributed by atoms with Gasteiger partial charge in [0.05, 0.1) is 0 Å². The molecular formula is C14H15N3O. The minimum atomic E-state index is 0.254. The number of nitrogens with zero attached hydrogens (tertiary/aromatic N) is 2. The molecule has 0 atom stereocenters. The lowest BCUT2D eigenvalue weighted by Crippen LogP contribution is -2.01. The van der Waals surface area contributed by atoms with Crippen molar-refractivity contribution in [1.82, 2.24) is 9.97 Å². The first-order valence-electron chi connectivity index (χ1n) is 6.12. The second kappa shape index (κ2) is 4.29. The van der Waals surface area contributed by atoms with Gasteiger partial charge in [-0.1, -0.05) is 0 Å². The zero-order valence-electron chi connectivity index (χ0n) is 10.2. The van der Waals surface area contributed by atoms with Crippen LogP contribution in [0.15, 0.2) is 30.3 Å². The number of aryl methyl sites for hydroxylation is 1. The van der Waals surface area contributed by atoms with Crippen LogP contribution in [0.2, 0.25) is 0 Å².